The molecule has 2 rings (SSSR count). The van der Waals surface area contributed by atoms with Crippen molar-refractivity contribution in [2.75, 3.05) is 13.1 Å². The molecule has 0 spiro atoms. The monoisotopic (exact) mass is 138 g/mol. The molecule has 1 heterocycles. The van der Waals surface area contributed by atoms with Crippen molar-refractivity contribution < 1.29 is 0 Å². The van der Waals surface area contributed by atoms with E-state index in [1.807, 2.05) is 0 Å². The predicted molar refractivity (Wildman–Crippen MR) is 42.3 cm³/mol. The van der Waals surface area contributed by atoms with Gasteiger partial charge in [0, 0.05) is 19.5 Å². The number of hydrogen-bond donors (Lipinski definition) is 1. The van der Waals surface area contributed by atoms with E-state index in [1.165, 1.54) is 38.1 Å². The van der Waals surface area contributed by atoms with Crippen molar-refractivity contribution in [2.45, 2.75) is 25.7 Å². The van der Waals surface area contributed by atoms with Gasteiger partial charge < -0.3 is 5.32 Å². The van der Waals surface area contributed by atoms with Crippen LogP contribution in [0.2, 0.25) is 0 Å². The first-order valence-corrected chi connectivity index (χ1v) is 4.22. The fraction of sp³-hybridized carbons (Fsp3) is 0.875. The van der Waals surface area contributed by atoms with Gasteiger partial charge in [-0.15, -0.1) is 0 Å². The third-order valence-corrected chi connectivity index (χ3v) is 2.17. The minimum absolute atomic E-state index is 0.975. The molecule has 0 radical (unpaired) electrons. The molecule has 1 aliphatic heterocycles. The standard InChI is InChI=1S/C8H14N2/c1-2-8(9-5-1)10-6-7-3-4-7/h7H,1-6H2,(H,9,10). The number of amidine groups is 1. The van der Waals surface area contributed by atoms with Gasteiger partial charge in [0.15, 0.2) is 0 Å². The Balaban J connectivity index is 1.68. The van der Waals surface area contributed by atoms with Crippen molar-refractivity contribution in [1.82, 2.24) is 5.32 Å². The van der Waals surface area contributed by atoms with Gasteiger partial charge in [-0.05, 0) is 25.2 Å². The van der Waals surface area contributed by atoms with Crippen LogP contribution < -0.4 is 5.32 Å². The van der Waals surface area contributed by atoms with Crippen LogP contribution in [0.1, 0.15) is 25.7 Å². The molecular formula is C8H14N2. The summed E-state index contributed by atoms with van der Waals surface area (Å²) in [6.45, 7) is 2.23. The lowest BCUT2D eigenvalue weighted by Crippen LogP contribution is -2.23. The minimum atomic E-state index is 0.975. The summed E-state index contributed by atoms with van der Waals surface area (Å²) >= 11 is 0. The Morgan fingerprint density at radius 3 is 3.00 bits per heavy atom. The third-order valence-electron chi connectivity index (χ3n) is 2.17. The lowest BCUT2D eigenvalue weighted by molar-refractivity contribution is 0.765. The average Bonchev–Trinajstić information content (AvgIpc) is 2.63. The van der Waals surface area contributed by atoms with E-state index < -0.39 is 0 Å². The lowest BCUT2D eigenvalue weighted by Gasteiger charge is -2.02. The first kappa shape index (κ1) is 6.20. The molecule has 2 aliphatic rings. The van der Waals surface area contributed by atoms with Crippen LogP contribution in [0.5, 0.6) is 0 Å². The smallest absolute Gasteiger partial charge is 0.0963 e. The van der Waals surface area contributed by atoms with Gasteiger partial charge in [0.1, 0.15) is 0 Å². The molecular weight excluding hydrogens is 124 g/mol. The van der Waals surface area contributed by atoms with Crippen molar-refractivity contribution in [3.8, 4) is 0 Å². The molecule has 1 aliphatic carbocycles. The van der Waals surface area contributed by atoms with E-state index in [9.17, 15) is 0 Å². The fourth-order valence-corrected chi connectivity index (χ4v) is 1.27. The highest BCUT2D eigenvalue weighted by Gasteiger charge is 2.21. The Kier molecular flexibility index (Phi) is 1.61. The summed E-state index contributed by atoms with van der Waals surface area (Å²) in [7, 11) is 0. The average molecular weight is 138 g/mol. The zero-order valence-corrected chi connectivity index (χ0v) is 6.27. The van der Waals surface area contributed by atoms with Gasteiger partial charge >= 0.3 is 0 Å². The summed E-state index contributed by atoms with van der Waals surface area (Å²) in [5.74, 6) is 2.23. The Hall–Kier alpha value is -0.530. The second-order valence-electron chi connectivity index (χ2n) is 3.26. The number of rotatable bonds is 2. The third kappa shape index (κ3) is 1.49. The van der Waals surface area contributed by atoms with E-state index in [2.05, 4.69) is 10.3 Å². The zero-order valence-electron chi connectivity index (χ0n) is 6.27. The SMILES string of the molecule is C1CN=C(NCC2CC2)C1. The van der Waals surface area contributed by atoms with E-state index in [0.29, 0.717) is 0 Å². The molecule has 1 fully saturated rings. The van der Waals surface area contributed by atoms with Crippen LogP contribution in [-0.2, 0) is 0 Å². The van der Waals surface area contributed by atoms with Crippen LogP contribution >= 0.6 is 0 Å². The topological polar surface area (TPSA) is 24.4 Å². The van der Waals surface area contributed by atoms with Gasteiger partial charge in [-0.25, -0.2) is 0 Å². The Labute approximate surface area is 61.7 Å². The Morgan fingerprint density at radius 2 is 2.40 bits per heavy atom. The highest BCUT2D eigenvalue weighted by Crippen LogP contribution is 2.27. The number of aliphatic imine (C=N–C) groups is 1. The van der Waals surface area contributed by atoms with Crippen LogP contribution in [0, 0.1) is 5.92 Å². The van der Waals surface area contributed by atoms with Crippen molar-refractivity contribution in [2.24, 2.45) is 10.9 Å². The summed E-state index contributed by atoms with van der Waals surface area (Å²) in [4.78, 5) is 4.34. The minimum Gasteiger partial charge on any atom is -0.374 e. The molecule has 0 aromatic heterocycles. The van der Waals surface area contributed by atoms with E-state index in [-0.39, 0.29) is 0 Å². The molecule has 0 unspecified atom stereocenters. The fourth-order valence-electron chi connectivity index (χ4n) is 1.27. The second-order valence-corrected chi connectivity index (χ2v) is 3.26. The van der Waals surface area contributed by atoms with Crippen molar-refractivity contribution >= 4 is 5.84 Å². The Bertz CT molecular complexity index is 147. The van der Waals surface area contributed by atoms with Gasteiger partial charge in [-0.3, -0.25) is 4.99 Å². The van der Waals surface area contributed by atoms with E-state index in [4.69, 9.17) is 0 Å². The second kappa shape index (κ2) is 2.60. The molecule has 0 amide bonds. The molecule has 0 saturated heterocycles. The summed E-state index contributed by atoms with van der Waals surface area (Å²) in [5, 5.41) is 3.39. The summed E-state index contributed by atoms with van der Waals surface area (Å²) in [6.07, 6.45) is 5.31. The van der Waals surface area contributed by atoms with E-state index >= 15 is 0 Å². The quantitative estimate of drug-likeness (QED) is 0.608. The molecule has 2 heteroatoms. The highest BCUT2D eigenvalue weighted by atomic mass is 15.0. The molecule has 2 nitrogen and oxygen atoms in total. The molecule has 1 N–H and O–H groups in total. The molecule has 0 aromatic carbocycles. The number of hydrogen-bond acceptors (Lipinski definition) is 2. The van der Waals surface area contributed by atoms with Crippen LogP contribution in [0.25, 0.3) is 0 Å². The van der Waals surface area contributed by atoms with Crippen LogP contribution in [0.4, 0.5) is 0 Å². The van der Waals surface area contributed by atoms with Gasteiger partial charge in [0.2, 0.25) is 0 Å². The lowest BCUT2D eigenvalue weighted by atomic mass is 10.3. The number of nitrogens with one attached hydrogen (secondary N) is 1. The maximum Gasteiger partial charge on any atom is 0.0963 e. The maximum atomic E-state index is 4.34. The predicted octanol–water partition coefficient (Wildman–Crippen LogP) is 1.18. The van der Waals surface area contributed by atoms with Crippen LogP contribution in [-0.4, -0.2) is 18.9 Å². The van der Waals surface area contributed by atoms with Crippen LogP contribution in [0.3, 0.4) is 0 Å². The molecule has 0 atom stereocenters. The Morgan fingerprint density at radius 1 is 1.50 bits per heavy atom. The molecule has 0 bridgehead atoms. The molecule has 56 valence electrons. The van der Waals surface area contributed by atoms with E-state index in [0.717, 1.165) is 12.5 Å². The summed E-state index contributed by atoms with van der Waals surface area (Å²) < 4.78 is 0. The van der Waals surface area contributed by atoms with Gasteiger partial charge in [0.25, 0.3) is 0 Å². The zero-order chi connectivity index (χ0) is 6.81. The van der Waals surface area contributed by atoms with Gasteiger partial charge in [0.05, 0.1) is 5.84 Å². The van der Waals surface area contributed by atoms with Crippen molar-refractivity contribution in [1.29, 1.82) is 0 Å². The van der Waals surface area contributed by atoms with E-state index in [1.54, 1.807) is 0 Å². The van der Waals surface area contributed by atoms with Crippen molar-refractivity contribution in [3.05, 3.63) is 0 Å². The largest absolute Gasteiger partial charge is 0.374 e. The van der Waals surface area contributed by atoms with Crippen LogP contribution in [0.15, 0.2) is 4.99 Å². The maximum absolute atomic E-state index is 4.34. The molecule has 10 heavy (non-hydrogen) atoms. The normalized spacial score (nSPS) is 24.6. The summed E-state index contributed by atoms with van der Waals surface area (Å²) in [5.41, 5.74) is 0. The highest BCUT2D eigenvalue weighted by molar-refractivity contribution is 5.83. The number of nitrogens with zero attached hydrogens (tertiary/aromatic N) is 1. The van der Waals surface area contributed by atoms with Gasteiger partial charge in [-0.1, -0.05) is 0 Å². The summed E-state index contributed by atoms with van der Waals surface area (Å²) in [6, 6.07) is 0. The first-order chi connectivity index (χ1) is 4.95. The van der Waals surface area contributed by atoms with Gasteiger partial charge in [-0.2, -0.15) is 0 Å². The molecule has 0 aromatic rings. The van der Waals surface area contributed by atoms with Crippen molar-refractivity contribution in [3.63, 3.8) is 0 Å². The molecule has 1 saturated carbocycles. The first-order valence-electron chi connectivity index (χ1n) is 4.22.